The highest BCUT2D eigenvalue weighted by atomic mass is 16.8. The topological polar surface area (TPSA) is 141 Å². The lowest BCUT2D eigenvalue weighted by Crippen LogP contribution is -2.44. The van der Waals surface area contributed by atoms with Gasteiger partial charge in [-0.2, -0.15) is 4.98 Å². The van der Waals surface area contributed by atoms with Gasteiger partial charge in [-0.3, -0.25) is 9.68 Å². The van der Waals surface area contributed by atoms with E-state index in [-0.39, 0.29) is 5.82 Å². The van der Waals surface area contributed by atoms with Gasteiger partial charge < -0.3 is 14.6 Å². The van der Waals surface area contributed by atoms with E-state index in [1.165, 1.54) is 0 Å². The van der Waals surface area contributed by atoms with Gasteiger partial charge >= 0.3 is 18.2 Å². The Hall–Kier alpha value is -2.99. The number of anilines is 2. The molecule has 0 unspecified atom stereocenters. The van der Waals surface area contributed by atoms with Gasteiger partial charge in [0.2, 0.25) is 0 Å². The summed E-state index contributed by atoms with van der Waals surface area (Å²) in [6.45, 7) is 20.0. The molecule has 12 nitrogen and oxygen atoms in total. The lowest BCUT2D eigenvalue weighted by Gasteiger charge is -2.32. The maximum atomic E-state index is 13.0. The Bertz CT molecular complexity index is 871. The van der Waals surface area contributed by atoms with Gasteiger partial charge in [-0.05, 0) is 83.1 Å². The lowest BCUT2D eigenvalue weighted by atomic mass is 10.2. The van der Waals surface area contributed by atoms with Gasteiger partial charge in [-0.1, -0.05) is 0 Å². The summed E-state index contributed by atoms with van der Waals surface area (Å²) < 4.78 is 10.8. The maximum absolute atomic E-state index is 13.0. The largest absolute Gasteiger partial charge is 0.477 e. The number of carboxylic acid groups (broad SMARTS) is 1. The molecule has 1 aromatic heterocycles. The molecule has 35 heavy (non-hydrogen) atoms. The van der Waals surface area contributed by atoms with E-state index >= 15 is 0 Å². The van der Waals surface area contributed by atoms with E-state index in [2.05, 4.69) is 9.97 Å². The third-order valence-corrected chi connectivity index (χ3v) is 3.16. The molecule has 0 atom stereocenters. The van der Waals surface area contributed by atoms with E-state index in [4.69, 9.17) is 19.1 Å². The smallest absolute Gasteiger partial charge is 0.442 e. The predicted molar refractivity (Wildman–Crippen MR) is 128 cm³/mol. The van der Waals surface area contributed by atoms with Crippen LogP contribution >= 0.6 is 0 Å². The first-order valence-corrected chi connectivity index (χ1v) is 11.0. The molecule has 0 saturated heterocycles. The molecule has 0 bridgehead atoms. The van der Waals surface area contributed by atoms with Crippen molar-refractivity contribution in [3.63, 3.8) is 0 Å². The highest BCUT2D eigenvalue weighted by Gasteiger charge is 2.35. The van der Waals surface area contributed by atoms with Gasteiger partial charge in [0.25, 0.3) is 5.95 Å². The minimum atomic E-state index is -1.44. The maximum Gasteiger partial charge on any atom is 0.442 e. The van der Waals surface area contributed by atoms with Crippen LogP contribution in [0.15, 0.2) is 6.07 Å². The minimum absolute atomic E-state index is 0.289. The van der Waals surface area contributed by atoms with Gasteiger partial charge in [0.15, 0.2) is 11.5 Å². The SMILES string of the molecule is CC(C)(C)OC(=O)N(OC(C)(C)C)c1cc(C(=O)O)nc(N(OC(C)(C)C)C(=O)OC(C)(C)C)n1. The average molecular weight is 499 g/mol. The predicted octanol–water partition coefficient (Wildman–Crippen LogP) is 5.12. The highest BCUT2D eigenvalue weighted by molar-refractivity contribution is 5.91. The number of carbonyl (C=O) groups is 3. The Morgan fingerprint density at radius 1 is 0.686 bits per heavy atom. The molecule has 1 rings (SSSR count). The fourth-order valence-corrected chi connectivity index (χ4v) is 2.22. The van der Waals surface area contributed by atoms with E-state index in [1.54, 1.807) is 83.1 Å². The van der Waals surface area contributed by atoms with Crippen LogP contribution in [-0.4, -0.2) is 55.6 Å². The number of hydrogen-bond donors (Lipinski definition) is 1. The molecule has 1 aromatic rings. The summed E-state index contributed by atoms with van der Waals surface area (Å²) in [7, 11) is 0. The number of ether oxygens (including phenoxy) is 2. The number of carboxylic acids is 1. The van der Waals surface area contributed by atoms with Gasteiger partial charge in [-0.15, -0.1) is 10.1 Å². The quantitative estimate of drug-likeness (QED) is 0.544. The molecule has 0 aliphatic heterocycles. The van der Waals surface area contributed by atoms with Crippen molar-refractivity contribution in [3.05, 3.63) is 11.8 Å². The molecular formula is C23H38N4O8. The molecule has 12 heteroatoms. The molecule has 1 heterocycles. The molecule has 2 amide bonds. The molecular weight excluding hydrogens is 460 g/mol. The Kier molecular flexibility index (Phi) is 8.86. The molecule has 1 N–H and O–H groups in total. The van der Waals surface area contributed by atoms with Crippen molar-refractivity contribution in [3.8, 4) is 0 Å². The molecule has 0 aliphatic rings. The molecule has 0 fully saturated rings. The number of rotatable bonds is 5. The Morgan fingerprint density at radius 2 is 1.09 bits per heavy atom. The number of aromatic carboxylic acids is 1. The van der Waals surface area contributed by atoms with Gasteiger partial charge in [-0.25, -0.2) is 19.4 Å². The van der Waals surface area contributed by atoms with Crippen molar-refractivity contribution < 1.29 is 38.6 Å². The number of carbonyl (C=O) groups excluding carboxylic acids is 2. The number of nitrogens with zero attached hydrogens (tertiary/aromatic N) is 4. The summed E-state index contributed by atoms with van der Waals surface area (Å²) in [5.74, 6) is -2.20. The molecule has 0 radical (unpaired) electrons. The van der Waals surface area contributed by atoms with Crippen molar-refractivity contribution in [1.82, 2.24) is 9.97 Å². The Balaban J connectivity index is 3.75. The zero-order valence-corrected chi connectivity index (χ0v) is 22.7. The fraction of sp³-hybridized carbons (Fsp3) is 0.696. The van der Waals surface area contributed by atoms with E-state index in [0.29, 0.717) is 10.1 Å². The van der Waals surface area contributed by atoms with Crippen LogP contribution in [0.3, 0.4) is 0 Å². The molecule has 0 aromatic carbocycles. The third kappa shape index (κ3) is 10.9. The summed E-state index contributed by atoms with van der Waals surface area (Å²) in [4.78, 5) is 57.4. The van der Waals surface area contributed by atoms with Crippen molar-refractivity contribution in [2.24, 2.45) is 0 Å². The fourth-order valence-electron chi connectivity index (χ4n) is 2.22. The second-order valence-electron chi connectivity index (χ2n) is 11.7. The van der Waals surface area contributed by atoms with Crippen LogP contribution in [0.5, 0.6) is 0 Å². The van der Waals surface area contributed by atoms with E-state index in [9.17, 15) is 19.5 Å². The first-order valence-electron chi connectivity index (χ1n) is 11.0. The van der Waals surface area contributed by atoms with Gasteiger partial charge in [0.05, 0.1) is 11.2 Å². The second-order valence-corrected chi connectivity index (χ2v) is 11.7. The number of hydroxylamine groups is 2. The minimum Gasteiger partial charge on any atom is -0.477 e. The summed E-state index contributed by atoms with van der Waals surface area (Å²) in [6, 6.07) is 1.02. The summed E-state index contributed by atoms with van der Waals surface area (Å²) >= 11 is 0. The summed E-state index contributed by atoms with van der Waals surface area (Å²) in [6.07, 6.45) is -1.93. The number of amides is 2. The highest BCUT2D eigenvalue weighted by Crippen LogP contribution is 2.26. The zero-order chi connectivity index (χ0) is 27.6. The van der Waals surface area contributed by atoms with E-state index < -0.39 is 52.2 Å². The van der Waals surface area contributed by atoms with Crippen LogP contribution < -0.4 is 10.1 Å². The van der Waals surface area contributed by atoms with Crippen LogP contribution in [0.2, 0.25) is 0 Å². The Labute approximate surface area is 206 Å². The normalized spacial score (nSPS) is 12.7. The van der Waals surface area contributed by atoms with Crippen LogP contribution in [0.1, 0.15) is 93.6 Å². The van der Waals surface area contributed by atoms with Crippen molar-refractivity contribution >= 4 is 29.9 Å². The van der Waals surface area contributed by atoms with E-state index in [1.807, 2.05) is 0 Å². The molecule has 0 spiro atoms. The van der Waals surface area contributed by atoms with Gasteiger partial charge in [0, 0.05) is 6.07 Å². The Morgan fingerprint density at radius 3 is 1.46 bits per heavy atom. The zero-order valence-electron chi connectivity index (χ0n) is 22.7. The monoisotopic (exact) mass is 498 g/mol. The first kappa shape index (κ1) is 30.0. The first-order chi connectivity index (χ1) is 15.5. The molecule has 198 valence electrons. The van der Waals surface area contributed by atoms with Crippen molar-refractivity contribution in [1.29, 1.82) is 0 Å². The van der Waals surface area contributed by atoms with Crippen molar-refractivity contribution in [2.45, 2.75) is 105 Å². The molecule has 0 aliphatic carbocycles. The standard InChI is InChI=1S/C23H38N4O8/c1-20(2,3)32-18(30)26(34-22(7,8)9)15-13-14(16(28)29)24-17(25-15)27(35-23(10,11)12)19(31)33-21(4,5)6/h13H,1-12H3,(H,28,29). The summed E-state index contributed by atoms with van der Waals surface area (Å²) in [5.41, 5.74) is -4.14. The molecule has 0 saturated carbocycles. The van der Waals surface area contributed by atoms with Crippen LogP contribution in [0.25, 0.3) is 0 Å². The number of aromatic nitrogens is 2. The van der Waals surface area contributed by atoms with Crippen LogP contribution in [-0.2, 0) is 19.1 Å². The summed E-state index contributed by atoms with van der Waals surface area (Å²) in [5, 5.41) is 11.0. The van der Waals surface area contributed by atoms with Crippen LogP contribution in [0, 0.1) is 0 Å². The van der Waals surface area contributed by atoms with E-state index in [0.717, 1.165) is 6.07 Å². The van der Waals surface area contributed by atoms with Gasteiger partial charge in [0.1, 0.15) is 11.2 Å². The lowest BCUT2D eigenvalue weighted by molar-refractivity contribution is -0.0393. The van der Waals surface area contributed by atoms with Crippen molar-refractivity contribution in [2.75, 3.05) is 10.1 Å². The third-order valence-electron chi connectivity index (χ3n) is 3.16. The number of hydrogen-bond acceptors (Lipinski definition) is 9. The second kappa shape index (κ2) is 10.3. The van der Waals surface area contributed by atoms with Crippen LogP contribution in [0.4, 0.5) is 21.4 Å². The average Bonchev–Trinajstić information content (AvgIpc) is 2.59.